The van der Waals surface area contributed by atoms with Crippen LogP contribution in [-0.4, -0.2) is 20.9 Å². The van der Waals surface area contributed by atoms with Crippen LogP contribution in [0.3, 0.4) is 0 Å². The van der Waals surface area contributed by atoms with Gasteiger partial charge in [0.15, 0.2) is 5.76 Å². The molecule has 0 aliphatic carbocycles. The fraction of sp³-hybridized carbons (Fsp3) is 0.130. The van der Waals surface area contributed by atoms with Crippen LogP contribution < -0.4 is 0 Å². The minimum absolute atomic E-state index is 0.194. The quantitative estimate of drug-likeness (QED) is 0.613. The molecule has 2 heterocycles. The van der Waals surface area contributed by atoms with Crippen molar-refractivity contribution in [2.24, 2.45) is 0 Å². The van der Waals surface area contributed by atoms with Crippen LogP contribution in [0.2, 0.25) is 0 Å². The number of aliphatic hydroxyl groups excluding tert-OH is 1. The SMILES string of the molecule is Cc1ccc(C2=C(O)C(=O)N(Cc3cccnc3)C2c2ccc(Br)cc2)cc1. The van der Waals surface area contributed by atoms with Gasteiger partial charge in [0.1, 0.15) is 0 Å². The normalized spacial score (nSPS) is 16.7. The lowest BCUT2D eigenvalue weighted by Crippen LogP contribution is -2.29. The number of amides is 1. The van der Waals surface area contributed by atoms with Gasteiger partial charge < -0.3 is 10.0 Å². The highest BCUT2D eigenvalue weighted by Gasteiger charge is 2.40. The Morgan fingerprint density at radius 2 is 1.79 bits per heavy atom. The van der Waals surface area contributed by atoms with E-state index in [0.29, 0.717) is 12.1 Å². The van der Waals surface area contributed by atoms with Gasteiger partial charge in [-0.25, -0.2) is 0 Å². The molecular weight excluding hydrogens is 416 g/mol. The Kier molecular flexibility index (Phi) is 5.01. The van der Waals surface area contributed by atoms with Crippen molar-refractivity contribution in [3.63, 3.8) is 0 Å². The molecule has 2 aromatic carbocycles. The second-order valence-electron chi connectivity index (χ2n) is 6.88. The molecule has 4 rings (SSSR count). The van der Waals surface area contributed by atoms with Gasteiger partial charge in [-0.2, -0.15) is 0 Å². The van der Waals surface area contributed by atoms with Crippen LogP contribution in [0.25, 0.3) is 5.57 Å². The third-order valence-electron chi connectivity index (χ3n) is 4.93. The lowest BCUT2D eigenvalue weighted by molar-refractivity contribution is -0.130. The molecule has 1 aliphatic rings. The van der Waals surface area contributed by atoms with Crippen molar-refractivity contribution in [2.75, 3.05) is 0 Å². The van der Waals surface area contributed by atoms with E-state index in [0.717, 1.165) is 26.7 Å². The van der Waals surface area contributed by atoms with Gasteiger partial charge in [0.05, 0.1) is 6.04 Å². The van der Waals surface area contributed by atoms with Crippen LogP contribution in [0.4, 0.5) is 0 Å². The predicted molar refractivity (Wildman–Crippen MR) is 112 cm³/mol. The van der Waals surface area contributed by atoms with Crippen LogP contribution in [0.5, 0.6) is 0 Å². The second kappa shape index (κ2) is 7.60. The van der Waals surface area contributed by atoms with Crippen molar-refractivity contribution in [1.29, 1.82) is 0 Å². The first kappa shape index (κ1) is 18.4. The molecule has 0 spiro atoms. The summed E-state index contributed by atoms with van der Waals surface area (Å²) < 4.78 is 0.962. The van der Waals surface area contributed by atoms with Crippen molar-refractivity contribution in [1.82, 2.24) is 9.88 Å². The van der Waals surface area contributed by atoms with Gasteiger partial charge in [-0.1, -0.05) is 64.0 Å². The van der Waals surface area contributed by atoms with Gasteiger partial charge >= 0.3 is 0 Å². The maximum Gasteiger partial charge on any atom is 0.290 e. The first-order valence-corrected chi connectivity index (χ1v) is 9.79. The zero-order chi connectivity index (χ0) is 19.7. The zero-order valence-electron chi connectivity index (χ0n) is 15.3. The van der Waals surface area contributed by atoms with Gasteiger partial charge in [-0.15, -0.1) is 0 Å². The minimum atomic E-state index is -0.372. The van der Waals surface area contributed by atoms with Gasteiger partial charge in [0.25, 0.3) is 5.91 Å². The Balaban J connectivity index is 1.81. The molecule has 0 saturated heterocycles. The van der Waals surface area contributed by atoms with Gasteiger partial charge in [-0.05, 0) is 41.8 Å². The molecule has 1 unspecified atom stereocenters. The van der Waals surface area contributed by atoms with E-state index in [1.54, 1.807) is 17.3 Å². The Labute approximate surface area is 172 Å². The molecule has 0 saturated carbocycles. The van der Waals surface area contributed by atoms with Crippen molar-refractivity contribution in [3.05, 3.63) is 106 Å². The van der Waals surface area contributed by atoms with Crippen LogP contribution >= 0.6 is 15.9 Å². The summed E-state index contributed by atoms with van der Waals surface area (Å²) in [7, 11) is 0. The molecule has 5 heteroatoms. The lowest BCUT2D eigenvalue weighted by atomic mass is 9.93. The Morgan fingerprint density at radius 1 is 1.07 bits per heavy atom. The molecule has 1 atom stereocenters. The number of aryl methyl sites for hydroxylation is 1. The summed E-state index contributed by atoms with van der Waals surface area (Å²) in [6.45, 7) is 2.38. The number of rotatable bonds is 4. The largest absolute Gasteiger partial charge is 0.503 e. The van der Waals surface area contributed by atoms with E-state index in [9.17, 15) is 9.90 Å². The van der Waals surface area contributed by atoms with E-state index >= 15 is 0 Å². The van der Waals surface area contributed by atoms with Crippen molar-refractivity contribution in [3.8, 4) is 0 Å². The Hall–Kier alpha value is -2.92. The molecule has 140 valence electrons. The summed E-state index contributed by atoms with van der Waals surface area (Å²) in [6.07, 6.45) is 3.45. The van der Waals surface area contributed by atoms with E-state index in [-0.39, 0.29) is 17.7 Å². The molecule has 0 radical (unpaired) electrons. The highest BCUT2D eigenvalue weighted by molar-refractivity contribution is 9.10. The summed E-state index contributed by atoms with van der Waals surface area (Å²) >= 11 is 3.46. The summed E-state index contributed by atoms with van der Waals surface area (Å²) in [5.41, 5.74) is 4.46. The topological polar surface area (TPSA) is 53.4 Å². The molecule has 1 aliphatic heterocycles. The van der Waals surface area contributed by atoms with E-state index in [1.807, 2.05) is 67.6 Å². The number of pyridine rings is 1. The van der Waals surface area contributed by atoms with Crippen molar-refractivity contribution >= 4 is 27.4 Å². The minimum Gasteiger partial charge on any atom is -0.503 e. The number of aliphatic hydroxyl groups is 1. The third-order valence-corrected chi connectivity index (χ3v) is 5.46. The molecule has 28 heavy (non-hydrogen) atoms. The number of nitrogens with zero attached hydrogens (tertiary/aromatic N) is 2. The van der Waals surface area contributed by atoms with E-state index in [1.165, 1.54) is 0 Å². The number of aromatic nitrogens is 1. The van der Waals surface area contributed by atoms with E-state index in [2.05, 4.69) is 20.9 Å². The molecule has 1 N–H and O–H groups in total. The smallest absolute Gasteiger partial charge is 0.290 e. The molecule has 1 aromatic heterocycles. The van der Waals surface area contributed by atoms with Gasteiger partial charge in [0, 0.05) is 29.0 Å². The first-order valence-electron chi connectivity index (χ1n) is 9.00. The van der Waals surface area contributed by atoms with Gasteiger partial charge in [-0.3, -0.25) is 9.78 Å². The van der Waals surface area contributed by atoms with Crippen molar-refractivity contribution in [2.45, 2.75) is 19.5 Å². The molecule has 1 amide bonds. The highest BCUT2D eigenvalue weighted by atomic mass is 79.9. The summed E-state index contributed by atoms with van der Waals surface area (Å²) in [5, 5.41) is 10.8. The third kappa shape index (κ3) is 3.45. The molecule has 3 aromatic rings. The van der Waals surface area contributed by atoms with Crippen LogP contribution in [0.15, 0.2) is 83.3 Å². The predicted octanol–water partition coefficient (Wildman–Crippen LogP) is 5.21. The number of benzene rings is 2. The van der Waals surface area contributed by atoms with E-state index in [4.69, 9.17) is 0 Å². The Bertz CT molecular complexity index is 1030. The van der Waals surface area contributed by atoms with E-state index < -0.39 is 0 Å². The zero-order valence-corrected chi connectivity index (χ0v) is 16.9. The average Bonchev–Trinajstić information content (AvgIpc) is 2.95. The number of halogens is 1. The molecular formula is C23H19BrN2O2. The van der Waals surface area contributed by atoms with Crippen molar-refractivity contribution < 1.29 is 9.90 Å². The monoisotopic (exact) mass is 434 g/mol. The number of carbonyl (C=O) groups excluding carboxylic acids is 1. The summed E-state index contributed by atoms with van der Waals surface area (Å²) in [5.74, 6) is -0.562. The second-order valence-corrected chi connectivity index (χ2v) is 7.79. The maximum absolute atomic E-state index is 13.0. The standard InChI is InChI=1S/C23H19BrN2O2/c1-15-4-6-17(7-5-15)20-21(18-8-10-19(24)11-9-18)26(23(28)22(20)27)14-16-3-2-12-25-13-16/h2-13,21,27H,14H2,1H3. The van der Waals surface area contributed by atoms with Crippen LogP contribution in [-0.2, 0) is 11.3 Å². The fourth-order valence-corrected chi connectivity index (χ4v) is 3.79. The first-order chi connectivity index (χ1) is 13.5. The fourth-order valence-electron chi connectivity index (χ4n) is 3.52. The molecule has 0 fully saturated rings. The van der Waals surface area contributed by atoms with Gasteiger partial charge in [0.2, 0.25) is 0 Å². The van der Waals surface area contributed by atoms with Crippen LogP contribution in [0, 0.1) is 6.92 Å². The number of hydrogen-bond donors (Lipinski definition) is 1. The van der Waals surface area contributed by atoms with Crippen LogP contribution in [0.1, 0.15) is 28.3 Å². The lowest BCUT2D eigenvalue weighted by Gasteiger charge is -2.27. The highest BCUT2D eigenvalue weighted by Crippen LogP contribution is 2.43. The maximum atomic E-state index is 13.0. The summed E-state index contributed by atoms with van der Waals surface area (Å²) in [4.78, 5) is 18.8. The average molecular weight is 435 g/mol. The summed E-state index contributed by atoms with van der Waals surface area (Å²) in [6, 6.07) is 19.1. The molecule has 4 nitrogen and oxygen atoms in total. The number of hydrogen-bond acceptors (Lipinski definition) is 3. The number of carbonyl (C=O) groups is 1. The molecule has 0 bridgehead atoms. The Morgan fingerprint density at radius 3 is 2.43 bits per heavy atom.